The molecule has 0 saturated heterocycles. The minimum absolute atomic E-state index is 0.175. The number of aromatic nitrogens is 2. The second-order valence-electron chi connectivity index (χ2n) is 5.40. The van der Waals surface area contributed by atoms with Gasteiger partial charge in [0.1, 0.15) is 5.15 Å². The van der Waals surface area contributed by atoms with Crippen LogP contribution in [0, 0.1) is 0 Å². The molecule has 120 valence electrons. The normalized spacial score (nSPS) is 12.4. The molecule has 1 aliphatic carbocycles. The average Bonchev–Trinajstić information content (AvgIpc) is 3.00. The van der Waals surface area contributed by atoms with Crippen LogP contribution in [0.5, 0.6) is 0 Å². The van der Waals surface area contributed by atoms with Crippen molar-refractivity contribution in [2.75, 3.05) is 5.32 Å². The van der Waals surface area contributed by atoms with E-state index in [9.17, 15) is 4.79 Å². The second-order valence-corrected chi connectivity index (χ2v) is 7.25. The van der Waals surface area contributed by atoms with Crippen molar-refractivity contribution in [2.45, 2.75) is 12.8 Å². The summed E-state index contributed by atoms with van der Waals surface area (Å²) in [6.07, 6.45) is 3.33. The van der Waals surface area contributed by atoms with E-state index in [1.54, 1.807) is 0 Å². The van der Waals surface area contributed by atoms with Gasteiger partial charge >= 0.3 is 0 Å². The third-order valence-electron chi connectivity index (χ3n) is 3.87. The lowest BCUT2D eigenvalue weighted by atomic mass is 9.94. The molecule has 0 unspecified atom stereocenters. The maximum absolute atomic E-state index is 12.3. The molecular weight excluding hydrogens is 365 g/mol. The van der Waals surface area contributed by atoms with Crippen molar-refractivity contribution in [1.82, 2.24) is 9.97 Å². The van der Waals surface area contributed by atoms with Crippen LogP contribution in [0.4, 0.5) is 5.13 Å². The van der Waals surface area contributed by atoms with Crippen molar-refractivity contribution < 1.29 is 4.79 Å². The van der Waals surface area contributed by atoms with Crippen LogP contribution in [0.15, 0.2) is 36.5 Å². The lowest BCUT2D eigenvalue weighted by molar-refractivity contribution is 0.102. The van der Waals surface area contributed by atoms with Crippen LogP contribution in [0.2, 0.25) is 10.2 Å². The number of nitrogens with one attached hydrogen (secondary N) is 1. The number of fused-ring (bicyclic) bond motifs is 3. The summed E-state index contributed by atoms with van der Waals surface area (Å²) in [6.45, 7) is 0. The third-order valence-corrected chi connectivity index (χ3v) is 5.59. The van der Waals surface area contributed by atoms with Gasteiger partial charge in [-0.1, -0.05) is 47.5 Å². The van der Waals surface area contributed by atoms with Gasteiger partial charge in [0.15, 0.2) is 5.13 Å². The van der Waals surface area contributed by atoms with Gasteiger partial charge in [-0.25, -0.2) is 9.97 Å². The molecule has 1 amide bonds. The van der Waals surface area contributed by atoms with Crippen LogP contribution in [-0.4, -0.2) is 15.9 Å². The summed E-state index contributed by atoms with van der Waals surface area (Å²) in [4.78, 5) is 22.0. The number of thiazole rings is 1. The number of pyridine rings is 1. The number of rotatable bonds is 2. The standard InChI is InChI=1S/C17H11Cl2N3OS/c18-12-7-10(8-20-15(12)19)16(23)22-17-21-14-11-4-2-1-3-9(11)5-6-13(14)24-17/h1-4,7-8H,5-6H2,(H,21,22,23). The minimum atomic E-state index is -0.305. The number of hydrogen-bond acceptors (Lipinski definition) is 4. The first-order valence-corrected chi connectivity index (χ1v) is 8.89. The van der Waals surface area contributed by atoms with Crippen molar-refractivity contribution in [1.29, 1.82) is 0 Å². The number of amides is 1. The number of hydrogen-bond donors (Lipinski definition) is 1. The van der Waals surface area contributed by atoms with Crippen LogP contribution >= 0.6 is 34.5 Å². The summed E-state index contributed by atoms with van der Waals surface area (Å²) < 4.78 is 0. The van der Waals surface area contributed by atoms with Crippen LogP contribution in [0.1, 0.15) is 20.8 Å². The zero-order chi connectivity index (χ0) is 16.7. The Kier molecular flexibility index (Phi) is 4.00. The van der Waals surface area contributed by atoms with Gasteiger partial charge in [-0.3, -0.25) is 10.1 Å². The summed E-state index contributed by atoms with van der Waals surface area (Å²) in [5.74, 6) is -0.305. The van der Waals surface area contributed by atoms with Gasteiger partial charge in [0, 0.05) is 16.6 Å². The van der Waals surface area contributed by atoms with Crippen molar-refractivity contribution in [3.05, 3.63) is 62.7 Å². The van der Waals surface area contributed by atoms with Crippen molar-refractivity contribution in [3.63, 3.8) is 0 Å². The summed E-state index contributed by atoms with van der Waals surface area (Å²) in [6, 6.07) is 9.73. The second kappa shape index (κ2) is 6.16. The Hall–Kier alpha value is -1.95. The van der Waals surface area contributed by atoms with Crippen molar-refractivity contribution >= 4 is 45.6 Å². The molecule has 2 heterocycles. The lowest BCUT2D eigenvalue weighted by Gasteiger charge is -2.13. The Morgan fingerprint density at radius 3 is 2.88 bits per heavy atom. The summed E-state index contributed by atoms with van der Waals surface area (Å²) in [7, 11) is 0. The number of aryl methyl sites for hydroxylation is 2. The van der Waals surface area contributed by atoms with Crippen LogP contribution in [-0.2, 0) is 12.8 Å². The molecule has 1 aromatic carbocycles. The van der Waals surface area contributed by atoms with E-state index in [-0.39, 0.29) is 16.1 Å². The zero-order valence-electron chi connectivity index (χ0n) is 12.3. The van der Waals surface area contributed by atoms with Crippen LogP contribution in [0.3, 0.4) is 0 Å². The molecule has 0 radical (unpaired) electrons. The first-order valence-electron chi connectivity index (χ1n) is 7.32. The third kappa shape index (κ3) is 2.79. The molecule has 4 rings (SSSR count). The monoisotopic (exact) mass is 375 g/mol. The van der Waals surface area contributed by atoms with E-state index in [1.165, 1.54) is 34.0 Å². The first kappa shape index (κ1) is 15.6. The van der Waals surface area contributed by atoms with Crippen molar-refractivity contribution in [2.24, 2.45) is 0 Å². The number of halogens is 2. The molecule has 1 aliphatic rings. The quantitative estimate of drug-likeness (QED) is 0.650. The van der Waals surface area contributed by atoms with Crippen molar-refractivity contribution in [3.8, 4) is 11.3 Å². The number of nitrogens with zero attached hydrogens (tertiary/aromatic N) is 2. The van der Waals surface area contributed by atoms with E-state index in [4.69, 9.17) is 23.2 Å². The molecular formula is C17H11Cl2N3OS. The highest BCUT2D eigenvalue weighted by atomic mass is 35.5. The SMILES string of the molecule is O=C(Nc1nc2c(s1)CCc1ccccc1-2)c1cnc(Cl)c(Cl)c1. The summed E-state index contributed by atoms with van der Waals surface area (Å²) in [5.41, 5.74) is 3.75. The minimum Gasteiger partial charge on any atom is -0.298 e. The number of carbonyl (C=O) groups excluding carboxylic acids is 1. The van der Waals surface area contributed by atoms with E-state index in [0.717, 1.165) is 24.1 Å². The largest absolute Gasteiger partial charge is 0.298 e. The summed E-state index contributed by atoms with van der Waals surface area (Å²) in [5, 5.41) is 3.82. The Morgan fingerprint density at radius 2 is 2.04 bits per heavy atom. The number of benzene rings is 1. The van der Waals surface area contributed by atoms with E-state index < -0.39 is 0 Å². The molecule has 4 nitrogen and oxygen atoms in total. The van der Waals surface area contributed by atoms with E-state index >= 15 is 0 Å². The highest BCUT2D eigenvalue weighted by Crippen LogP contribution is 2.38. The molecule has 0 atom stereocenters. The Labute approximate surface area is 152 Å². The Morgan fingerprint density at radius 1 is 1.21 bits per heavy atom. The Bertz CT molecular complexity index is 955. The van der Waals surface area contributed by atoms with Gasteiger partial charge in [-0.2, -0.15) is 0 Å². The molecule has 0 saturated carbocycles. The van der Waals surface area contributed by atoms with Gasteiger partial charge in [-0.15, -0.1) is 11.3 Å². The highest BCUT2D eigenvalue weighted by molar-refractivity contribution is 7.16. The molecule has 7 heteroatoms. The average molecular weight is 376 g/mol. The fourth-order valence-electron chi connectivity index (χ4n) is 2.72. The lowest BCUT2D eigenvalue weighted by Crippen LogP contribution is -2.12. The van der Waals surface area contributed by atoms with Crippen LogP contribution in [0.25, 0.3) is 11.3 Å². The number of anilines is 1. The highest BCUT2D eigenvalue weighted by Gasteiger charge is 2.21. The molecule has 2 aromatic heterocycles. The molecule has 3 aromatic rings. The van der Waals surface area contributed by atoms with Gasteiger partial charge in [-0.05, 0) is 24.5 Å². The van der Waals surface area contributed by atoms with Gasteiger partial charge in [0.25, 0.3) is 5.91 Å². The number of carbonyl (C=O) groups is 1. The molecule has 0 aliphatic heterocycles. The summed E-state index contributed by atoms with van der Waals surface area (Å²) >= 11 is 13.2. The van der Waals surface area contributed by atoms with Gasteiger partial charge < -0.3 is 0 Å². The molecule has 0 spiro atoms. The Balaban J connectivity index is 1.62. The van der Waals surface area contributed by atoms with E-state index in [1.807, 2.05) is 12.1 Å². The van der Waals surface area contributed by atoms with Gasteiger partial charge in [0.2, 0.25) is 0 Å². The predicted molar refractivity (Wildman–Crippen MR) is 97.2 cm³/mol. The zero-order valence-corrected chi connectivity index (χ0v) is 14.7. The molecule has 0 bridgehead atoms. The molecule has 1 N–H and O–H groups in total. The van der Waals surface area contributed by atoms with E-state index in [0.29, 0.717) is 10.7 Å². The topological polar surface area (TPSA) is 54.9 Å². The maximum atomic E-state index is 12.3. The van der Waals surface area contributed by atoms with Gasteiger partial charge in [0.05, 0.1) is 16.3 Å². The fourth-order valence-corrected chi connectivity index (χ4v) is 3.96. The smallest absolute Gasteiger partial charge is 0.259 e. The molecule has 0 fully saturated rings. The fraction of sp³-hybridized carbons (Fsp3) is 0.118. The molecule has 24 heavy (non-hydrogen) atoms. The first-order chi connectivity index (χ1) is 11.6. The van der Waals surface area contributed by atoms with Crippen LogP contribution < -0.4 is 5.32 Å². The van der Waals surface area contributed by atoms with E-state index in [2.05, 4.69) is 27.4 Å². The predicted octanol–water partition coefficient (Wildman–Crippen LogP) is 4.86. The maximum Gasteiger partial charge on any atom is 0.259 e.